The maximum absolute atomic E-state index is 5.69. The van der Waals surface area contributed by atoms with E-state index >= 15 is 0 Å². The summed E-state index contributed by atoms with van der Waals surface area (Å²) in [6.45, 7) is 0. The van der Waals surface area contributed by atoms with Gasteiger partial charge in [-0.3, -0.25) is 0 Å². The Kier molecular flexibility index (Phi) is 1.62. The largest absolute Gasteiger partial charge is 0.304 e. The fourth-order valence-corrected chi connectivity index (χ4v) is 1.48. The second-order valence-electron chi connectivity index (χ2n) is 2.18. The van der Waals surface area contributed by atoms with Crippen LogP contribution >= 0.6 is 27.5 Å². The van der Waals surface area contributed by atoms with Crippen LogP contribution in [-0.4, -0.2) is 9.38 Å². The highest BCUT2D eigenvalue weighted by Crippen LogP contribution is 2.14. The van der Waals surface area contributed by atoms with E-state index < -0.39 is 0 Å². The number of imidazole rings is 1. The second kappa shape index (κ2) is 2.50. The molecule has 0 saturated carbocycles. The Morgan fingerprint density at radius 1 is 1.36 bits per heavy atom. The predicted molar refractivity (Wildman–Crippen MR) is 47.9 cm³/mol. The molecule has 11 heavy (non-hydrogen) atoms. The summed E-state index contributed by atoms with van der Waals surface area (Å²) >= 11 is 9.04. The van der Waals surface area contributed by atoms with Crippen LogP contribution in [0.1, 0.15) is 0 Å². The summed E-state index contributed by atoms with van der Waals surface area (Å²) in [5, 5.41) is 0.517. The van der Waals surface area contributed by atoms with Crippen LogP contribution in [0.3, 0.4) is 0 Å². The molecule has 0 N–H and O–H groups in total. The first-order valence-corrected chi connectivity index (χ1v) is 4.22. The Bertz CT molecular complexity index is 396. The van der Waals surface area contributed by atoms with E-state index in [1.807, 2.05) is 22.7 Å². The average Bonchev–Trinajstić information content (AvgIpc) is 2.27. The summed E-state index contributed by atoms with van der Waals surface area (Å²) < 4.78 is 2.88. The van der Waals surface area contributed by atoms with E-state index in [0.717, 1.165) is 10.1 Å². The molecule has 0 aliphatic carbocycles. The lowest BCUT2D eigenvalue weighted by atomic mass is 10.5. The second-order valence-corrected chi connectivity index (χ2v) is 3.48. The Labute approximate surface area is 76.9 Å². The van der Waals surface area contributed by atoms with Crippen molar-refractivity contribution in [2.75, 3.05) is 0 Å². The SMILES string of the molecule is Clc1cn2cc(Br)ccc2n1. The Hall–Kier alpha value is -0.540. The molecular formula is C7H4BrClN2. The van der Waals surface area contributed by atoms with E-state index in [1.165, 1.54) is 0 Å². The van der Waals surface area contributed by atoms with Crippen molar-refractivity contribution in [3.8, 4) is 0 Å². The number of rotatable bonds is 0. The van der Waals surface area contributed by atoms with Crippen molar-refractivity contribution in [1.82, 2.24) is 9.38 Å². The van der Waals surface area contributed by atoms with Gasteiger partial charge in [-0.2, -0.15) is 0 Å². The summed E-state index contributed by atoms with van der Waals surface area (Å²) in [4.78, 5) is 4.06. The van der Waals surface area contributed by atoms with Crippen LogP contribution in [0, 0.1) is 0 Å². The molecule has 0 aliphatic rings. The van der Waals surface area contributed by atoms with Gasteiger partial charge in [0.2, 0.25) is 0 Å². The maximum atomic E-state index is 5.69. The van der Waals surface area contributed by atoms with Crippen LogP contribution in [-0.2, 0) is 0 Å². The minimum atomic E-state index is 0.517. The molecule has 0 amide bonds. The van der Waals surface area contributed by atoms with Crippen LogP contribution < -0.4 is 0 Å². The lowest BCUT2D eigenvalue weighted by molar-refractivity contribution is 1.17. The number of aromatic nitrogens is 2. The predicted octanol–water partition coefficient (Wildman–Crippen LogP) is 2.75. The standard InChI is InChI=1S/C7H4BrClN2/c8-5-1-2-7-10-6(9)4-11(7)3-5/h1-4H. The number of fused-ring (bicyclic) bond motifs is 1. The highest BCUT2D eigenvalue weighted by Gasteiger charge is 1.97. The molecule has 0 radical (unpaired) electrons. The van der Waals surface area contributed by atoms with Gasteiger partial charge in [0.15, 0.2) is 0 Å². The van der Waals surface area contributed by atoms with E-state index in [2.05, 4.69) is 20.9 Å². The van der Waals surface area contributed by atoms with Crippen LogP contribution in [0.4, 0.5) is 0 Å². The van der Waals surface area contributed by atoms with Gasteiger partial charge in [-0.1, -0.05) is 11.6 Å². The molecule has 56 valence electrons. The van der Waals surface area contributed by atoms with E-state index in [9.17, 15) is 0 Å². The molecule has 0 aromatic carbocycles. The van der Waals surface area contributed by atoms with Gasteiger partial charge in [-0.25, -0.2) is 4.98 Å². The smallest absolute Gasteiger partial charge is 0.148 e. The van der Waals surface area contributed by atoms with E-state index in [0.29, 0.717) is 5.15 Å². The molecule has 0 unspecified atom stereocenters. The maximum Gasteiger partial charge on any atom is 0.148 e. The molecule has 0 aliphatic heterocycles. The number of hydrogen-bond donors (Lipinski definition) is 0. The van der Waals surface area contributed by atoms with Crippen molar-refractivity contribution in [3.63, 3.8) is 0 Å². The average molecular weight is 231 g/mol. The number of nitrogens with zero attached hydrogens (tertiary/aromatic N) is 2. The first kappa shape index (κ1) is 7.13. The molecule has 2 rings (SSSR count). The van der Waals surface area contributed by atoms with Gasteiger partial charge in [0.1, 0.15) is 10.8 Å². The Balaban J connectivity index is 2.82. The molecule has 2 heterocycles. The lowest BCUT2D eigenvalue weighted by Crippen LogP contribution is -1.80. The molecule has 2 aromatic heterocycles. The van der Waals surface area contributed by atoms with Gasteiger partial charge < -0.3 is 4.40 Å². The van der Waals surface area contributed by atoms with Crippen LogP contribution in [0.2, 0.25) is 5.15 Å². The third-order valence-electron chi connectivity index (χ3n) is 1.39. The van der Waals surface area contributed by atoms with Crippen LogP contribution in [0.25, 0.3) is 5.65 Å². The van der Waals surface area contributed by atoms with E-state index in [4.69, 9.17) is 11.6 Å². The van der Waals surface area contributed by atoms with E-state index in [1.54, 1.807) is 6.20 Å². The zero-order valence-electron chi connectivity index (χ0n) is 5.46. The van der Waals surface area contributed by atoms with Gasteiger partial charge in [0.25, 0.3) is 0 Å². The summed E-state index contributed by atoms with van der Waals surface area (Å²) in [6, 6.07) is 3.83. The molecule has 2 nitrogen and oxygen atoms in total. The van der Waals surface area contributed by atoms with Gasteiger partial charge >= 0.3 is 0 Å². The van der Waals surface area contributed by atoms with Gasteiger partial charge in [0.05, 0.1) is 0 Å². The van der Waals surface area contributed by atoms with Gasteiger partial charge in [0, 0.05) is 16.9 Å². The Morgan fingerprint density at radius 2 is 2.18 bits per heavy atom. The zero-order chi connectivity index (χ0) is 7.84. The van der Waals surface area contributed by atoms with Crippen molar-refractivity contribution in [3.05, 3.63) is 34.2 Å². The molecule has 0 fully saturated rings. The van der Waals surface area contributed by atoms with Crippen molar-refractivity contribution in [1.29, 1.82) is 0 Å². The fraction of sp³-hybridized carbons (Fsp3) is 0. The zero-order valence-corrected chi connectivity index (χ0v) is 7.80. The number of hydrogen-bond acceptors (Lipinski definition) is 1. The summed E-state index contributed by atoms with van der Waals surface area (Å²) in [7, 11) is 0. The molecule has 0 atom stereocenters. The van der Waals surface area contributed by atoms with Gasteiger partial charge in [-0.15, -0.1) is 0 Å². The van der Waals surface area contributed by atoms with Crippen molar-refractivity contribution in [2.45, 2.75) is 0 Å². The van der Waals surface area contributed by atoms with Crippen molar-refractivity contribution in [2.24, 2.45) is 0 Å². The molecule has 0 spiro atoms. The molecular weight excluding hydrogens is 227 g/mol. The summed E-state index contributed by atoms with van der Waals surface area (Å²) in [5.41, 5.74) is 0.859. The molecule has 0 bridgehead atoms. The van der Waals surface area contributed by atoms with Crippen molar-refractivity contribution >= 4 is 33.2 Å². The third-order valence-corrected chi connectivity index (χ3v) is 2.04. The monoisotopic (exact) mass is 230 g/mol. The number of halogens is 2. The first-order valence-electron chi connectivity index (χ1n) is 3.05. The molecule has 2 aromatic rings. The highest BCUT2D eigenvalue weighted by atomic mass is 79.9. The third kappa shape index (κ3) is 1.26. The molecule has 0 saturated heterocycles. The van der Waals surface area contributed by atoms with Crippen molar-refractivity contribution < 1.29 is 0 Å². The summed E-state index contributed by atoms with van der Waals surface area (Å²) in [5.74, 6) is 0. The summed E-state index contributed by atoms with van der Waals surface area (Å²) in [6.07, 6.45) is 3.68. The fourth-order valence-electron chi connectivity index (χ4n) is 0.934. The number of pyridine rings is 1. The first-order chi connectivity index (χ1) is 5.25. The quantitative estimate of drug-likeness (QED) is 0.681. The van der Waals surface area contributed by atoms with Crippen LogP contribution in [0.15, 0.2) is 29.0 Å². The highest BCUT2D eigenvalue weighted by molar-refractivity contribution is 9.10. The minimum Gasteiger partial charge on any atom is -0.304 e. The van der Waals surface area contributed by atoms with E-state index in [-0.39, 0.29) is 0 Å². The molecule has 4 heteroatoms. The lowest BCUT2D eigenvalue weighted by Gasteiger charge is -1.91. The Morgan fingerprint density at radius 3 is 3.00 bits per heavy atom. The van der Waals surface area contributed by atoms with Gasteiger partial charge in [-0.05, 0) is 28.1 Å². The normalized spacial score (nSPS) is 10.7. The topological polar surface area (TPSA) is 17.3 Å². The minimum absolute atomic E-state index is 0.517. The van der Waals surface area contributed by atoms with Crippen LogP contribution in [0.5, 0.6) is 0 Å².